The molecule has 0 aliphatic carbocycles. The predicted octanol–water partition coefficient (Wildman–Crippen LogP) is 2.57. The van der Waals surface area contributed by atoms with Crippen LogP contribution in [0, 0.1) is 5.92 Å². The van der Waals surface area contributed by atoms with Gasteiger partial charge in [0.05, 0.1) is 5.56 Å². The fraction of sp³-hybridized carbons (Fsp3) is 0.533. The van der Waals surface area contributed by atoms with Gasteiger partial charge in [-0.15, -0.1) is 0 Å². The smallest absolute Gasteiger partial charge is 0.253 e. The van der Waals surface area contributed by atoms with Crippen LogP contribution in [0.2, 0.25) is 0 Å². The lowest BCUT2D eigenvalue weighted by atomic mass is 10.0. The fourth-order valence-corrected chi connectivity index (χ4v) is 3.57. The van der Waals surface area contributed by atoms with Crippen LogP contribution in [0.5, 0.6) is 0 Å². The quantitative estimate of drug-likeness (QED) is 0.730. The molecule has 4 nitrogen and oxygen atoms in total. The molecule has 0 spiro atoms. The standard InChI is InChI=1S/C15H23N3OS/c1-2-17-15(19)13-4-3-12(16)9-14(13)18-10-11-5-7-20-8-6-11/h3-4,9,11,18H,2,5-8,10,16H2,1H3,(H,17,19). The number of anilines is 2. The number of nitrogens with one attached hydrogen (secondary N) is 2. The van der Waals surface area contributed by atoms with E-state index in [1.807, 2.05) is 24.8 Å². The van der Waals surface area contributed by atoms with Crippen molar-refractivity contribution in [3.8, 4) is 0 Å². The van der Waals surface area contributed by atoms with Gasteiger partial charge in [-0.1, -0.05) is 0 Å². The van der Waals surface area contributed by atoms with Crippen LogP contribution in [-0.2, 0) is 0 Å². The van der Waals surface area contributed by atoms with E-state index in [-0.39, 0.29) is 5.91 Å². The third kappa shape index (κ3) is 4.07. The number of nitrogens with two attached hydrogens (primary N) is 1. The number of hydrogen-bond donors (Lipinski definition) is 3. The fourth-order valence-electron chi connectivity index (χ4n) is 2.37. The summed E-state index contributed by atoms with van der Waals surface area (Å²) in [6, 6.07) is 5.41. The monoisotopic (exact) mass is 293 g/mol. The van der Waals surface area contributed by atoms with Crippen molar-refractivity contribution >= 4 is 29.0 Å². The molecule has 1 saturated heterocycles. The van der Waals surface area contributed by atoms with Crippen molar-refractivity contribution in [1.82, 2.24) is 5.32 Å². The molecule has 4 N–H and O–H groups in total. The van der Waals surface area contributed by atoms with Crippen molar-refractivity contribution in [2.75, 3.05) is 35.6 Å². The van der Waals surface area contributed by atoms with E-state index in [1.54, 1.807) is 12.1 Å². The summed E-state index contributed by atoms with van der Waals surface area (Å²) in [6.45, 7) is 3.46. The molecule has 0 atom stereocenters. The molecule has 1 heterocycles. The number of thioether (sulfide) groups is 1. The Morgan fingerprint density at radius 3 is 2.85 bits per heavy atom. The van der Waals surface area contributed by atoms with E-state index >= 15 is 0 Å². The zero-order chi connectivity index (χ0) is 14.4. The van der Waals surface area contributed by atoms with E-state index in [9.17, 15) is 4.79 Å². The van der Waals surface area contributed by atoms with Crippen LogP contribution in [0.1, 0.15) is 30.1 Å². The normalized spacial score (nSPS) is 15.8. The highest BCUT2D eigenvalue weighted by Gasteiger charge is 2.15. The molecule has 1 aliphatic heterocycles. The van der Waals surface area contributed by atoms with Crippen molar-refractivity contribution in [2.45, 2.75) is 19.8 Å². The summed E-state index contributed by atoms with van der Waals surface area (Å²) in [4.78, 5) is 12.0. The lowest BCUT2D eigenvalue weighted by Crippen LogP contribution is -2.25. The summed E-state index contributed by atoms with van der Waals surface area (Å²) in [5.74, 6) is 3.13. The molecule has 0 saturated carbocycles. The minimum atomic E-state index is -0.0470. The van der Waals surface area contributed by atoms with Crippen LogP contribution in [0.15, 0.2) is 18.2 Å². The van der Waals surface area contributed by atoms with Crippen LogP contribution in [-0.4, -0.2) is 30.5 Å². The molecule has 2 rings (SSSR count). The second-order valence-corrected chi connectivity index (χ2v) is 6.33. The van der Waals surface area contributed by atoms with Crippen molar-refractivity contribution in [3.63, 3.8) is 0 Å². The topological polar surface area (TPSA) is 67.2 Å². The Balaban J connectivity index is 2.04. The van der Waals surface area contributed by atoms with Crippen LogP contribution in [0.25, 0.3) is 0 Å². The Morgan fingerprint density at radius 1 is 1.40 bits per heavy atom. The Labute approximate surface area is 124 Å². The molecule has 1 aromatic rings. The first kappa shape index (κ1) is 15.0. The molecule has 5 heteroatoms. The predicted molar refractivity (Wildman–Crippen MR) is 87.4 cm³/mol. The summed E-state index contributed by atoms with van der Waals surface area (Å²) >= 11 is 2.03. The number of amides is 1. The average molecular weight is 293 g/mol. The first-order valence-electron chi connectivity index (χ1n) is 7.20. The Morgan fingerprint density at radius 2 is 2.15 bits per heavy atom. The highest BCUT2D eigenvalue weighted by atomic mass is 32.2. The van der Waals surface area contributed by atoms with Crippen LogP contribution >= 0.6 is 11.8 Å². The van der Waals surface area contributed by atoms with Crippen molar-refractivity contribution in [2.24, 2.45) is 5.92 Å². The summed E-state index contributed by atoms with van der Waals surface area (Å²) < 4.78 is 0. The zero-order valence-corrected chi connectivity index (χ0v) is 12.8. The number of hydrogen-bond acceptors (Lipinski definition) is 4. The Kier molecular flexibility index (Phi) is 5.59. The molecule has 0 radical (unpaired) electrons. The van der Waals surface area contributed by atoms with Gasteiger partial charge in [0.25, 0.3) is 5.91 Å². The number of benzene rings is 1. The summed E-state index contributed by atoms with van der Waals surface area (Å²) in [7, 11) is 0. The van der Waals surface area contributed by atoms with Crippen LogP contribution in [0.4, 0.5) is 11.4 Å². The number of nitrogen functional groups attached to an aromatic ring is 1. The van der Waals surface area contributed by atoms with Gasteiger partial charge in [-0.25, -0.2) is 0 Å². The van der Waals surface area contributed by atoms with Crippen molar-refractivity contribution in [1.29, 1.82) is 0 Å². The van der Waals surface area contributed by atoms with E-state index in [1.165, 1.54) is 24.3 Å². The summed E-state index contributed by atoms with van der Waals surface area (Å²) in [5, 5.41) is 6.25. The zero-order valence-electron chi connectivity index (χ0n) is 11.9. The molecular formula is C15H23N3OS. The maximum atomic E-state index is 12.0. The average Bonchev–Trinajstić information content (AvgIpc) is 2.46. The first-order valence-corrected chi connectivity index (χ1v) is 8.35. The van der Waals surface area contributed by atoms with Gasteiger partial charge < -0.3 is 16.4 Å². The van der Waals surface area contributed by atoms with Gasteiger partial charge in [0.2, 0.25) is 0 Å². The molecule has 0 bridgehead atoms. The summed E-state index contributed by atoms with van der Waals surface area (Å²) in [6.07, 6.45) is 2.49. The van der Waals surface area contributed by atoms with E-state index in [2.05, 4.69) is 10.6 Å². The van der Waals surface area contributed by atoms with E-state index in [0.717, 1.165) is 12.2 Å². The van der Waals surface area contributed by atoms with Crippen LogP contribution in [0.3, 0.4) is 0 Å². The van der Waals surface area contributed by atoms with Crippen molar-refractivity contribution < 1.29 is 4.79 Å². The molecule has 0 unspecified atom stereocenters. The molecule has 1 amide bonds. The molecule has 1 fully saturated rings. The van der Waals surface area contributed by atoms with Gasteiger partial charge in [-0.3, -0.25) is 4.79 Å². The lowest BCUT2D eigenvalue weighted by molar-refractivity contribution is 0.0956. The molecule has 0 aromatic heterocycles. The van der Waals surface area contributed by atoms with Gasteiger partial charge in [0.15, 0.2) is 0 Å². The van der Waals surface area contributed by atoms with Gasteiger partial charge in [-0.05, 0) is 55.4 Å². The van der Waals surface area contributed by atoms with Gasteiger partial charge in [-0.2, -0.15) is 11.8 Å². The molecular weight excluding hydrogens is 270 g/mol. The molecule has 110 valence electrons. The minimum absolute atomic E-state index is 0.0470. The third-order valence-corrected chi connectivity index (χ3v) is 4.60. The number of rotatable bonds is 5. The van der Waals surface area contributed by atoms with Gasteiger partial charge in [0, 0.05) is 24.5 Å². The summed E-state index contributed by atoms with van der Waals surface area (Å²) in [5.41, 5.74) is 8.03. The van der Waals surface area contributed by atoms with Gasteiger partial charge >= 0.3 is 0 Å². The molecule has 1 aliphatic rings. The largest absolute Gasteiger partial charge is 0.399 e. The lowest BCUT2D eigenvalue weighted by Gasteiger charge is -2.23. The second-order valence-electron chi connectivity index (χ2n) is 5.10. The Hall–Kier alpha value is -1.36. The Bertz CT molecular complexity index is 458. The third-order valence-electron chi connectivity index (χ3n) is 3.55. The molecule has 20 heavy (non-hydrogen) atoms. The highest BCUT2D eigenvalue weighted by molar-refractivity contribution is 7.99. The molecule has 1 aromatic carbocycles. The second kappa shape index (κ2) is 7.43. The van der Waals surface area contributed by atoms with Gasteiger partial charge in [0.1, 0.15) is 0 Å². The number of carbonyl (C=O) groups excluding carboxylic acids is 1. The SMILES string of the molecule is CCNC(=O)c1ccc(N)cc1NCC1CCSCC1. The first-order chi connectivity index (χ1) is 9.70. The van der Waals surface area contributed by atoms with E-state index in [0.29, 0.717) is 23.7 Å². The maximum Gasteiger partial charge on any atom is 0.253 e. The van der Waals surface area contributed by atoms with Crippen molar-refractivity contribution in [3.05, 3.63) is 23.8 Å². The minimum Gasteiger partial charge on any atom is -0.399 e. The maximum absolute atomic E-state index is 12.0. The van der Waals surface area contributed by atoms with E-state index < -0.39 is 0 Å². The highest BCUT2D eigenvalue weighted by Crippen LogP contribution is 2.25. The van der Waals surface area contributed by atoms with Crippen LogP contribution < -0.4 is 16.4 Å². The number of carbonyl (C=O) groups is 1. The van der Waals surface area contributed by atoms with E-state index in [4.69, 9.17) is 5.73 Å².